The molecule has 2 aromatic carbocycles. The lowest BCUT2D eigenvalue weighted by molar-refractivity contribution is 0.0691. The average Bonchev–Trinajstić information content (AvgIpc) is 3.42. The predicted octanol–water partition coefficient (Wildman–Crippen LogP) is 5.75. The molecule has 1 saturated carbocycles. The van der Waals surface area contributed by atoms with Crippen molar-refractivity contribution >= 4 is 27.3 Å². The molecule has 0 bridgehead atoms. The van der Waals surface area contributed by atoms with Crippen molar-refractivity contribution in [2.24, 2.45) is 16.5 Å². The van der Waals surface area contributed by atoms with E-state index in [2.05, 4.69) is 4.98 Å². The Balaban J connectivity index is 1.69. The average molecular weight is 601 g/mol. The number of sulfonamides is 1. The number of benzene rings is 2. The molecule has 41 heavy (non-hydrogen) atoms. The molecular weight excluding hydrogens is 570 g/mol. The molecule has 1 aliphatic carbocycles. The van der Waals surface area contributed by atoms with Crippen molar-refractivity contribution in [3.63, 3.8) is 0 Å². The van der Waals surface area contributed by atoms with Crippen LogP contribution in [0.3, 0.4) is 0 Å². The molecule has 0 unspecified atom stereocenters. The van der Waals surface area contributed by atoms with E-state index in [1.54, 1.807) is 16.8 Å². The van der Waals surface area contributed by atoms with Crippen LogP contribution < -0.4 is 5.14 Å². The van der Waals surface area contributed by atoms with Gasteiger partial charge in [-0.15, -0.1) is 11.3 Å². The summed E-state index contributed by atoms with van der Waals surface area (Å²) in [5.41, 5.74) is 3.50. The summed E-state index contributed by atoms with van der Waals surface area (Å²) in [6.07, 6.45) is 3.39. The third-order valence-electron chi connectivity index (χ3n) is 6.88. The summed E-state index contributed by atoms with van der Waals surface area (Å²) in [5.74, 6) is -2.03. The number of halogens is 2. The van der Waals surface area contributed by atoms with Gasteiger partial charge in [0.2, 0.25) is 15.2 Å². The van der Waals surface area contributed by atoms with Gasteiger partial charge < -0.3 is 5.11 Å². The molecule has 0 spiro atoms. The van der Waals surface area contributed by atoms with Gasteiger partial charge in [-0.25, -0.2) is 36.8 Å². The first-order valence-corrected chi connectivity index (χ1v) is 15.5. The smallest absolute Gasteiger partial charge is 0.355 e. The summed E-state index contributed by atoms with van der Waals surface area (Å²) in [7, 11) is -4.23. The highest BCUT2D eigenvalue weighted by atomic mass is 32.2. The van der Waals surface area contributed by atoms with Crippen LogP contribution in [0.15, 0.2) is 46.7 Å². The van der Waals surface area contributed by atoms with E-state index in [1.807, 2.05) is 20.8 Å². The molecule has 2 heterocycles. The van der Waals surface area contributed by atoms with Gasteiger partial charge in [-0.3, -0.25) is 0 Å². The maximum Gasteiger partial charge on any atom is 0.355 e. The van der Waals surface area contributed by atoms with Crippen molar-refractivity contribution in [3.05, 3.63) is 81.5 Å². The third kappa shape index (κ3) is 6.55. The number of hydrogen-bond donors (Lipinski definition) is 2. The molecule has 0 radical (unpaired) electrons. The SMILES string of the molecule is CC(C)(C)Cc1cc(-c2nn(-c3nc(C(=O)O)cs3)c(CC3CC3)c2Cc2ccc(S(N)(=O)=O)c(F)c2)ccc1F. The van der Waals surface area contributed by atoms with E-state index in [1.165, 1.54) is 17.5 Å². The molecular formula is C29H30F2N4O4S2. The van der Waals surface area contributed by atoms with Gasteiger partial charge in [0.25, 0.3) is 0 Å². The number of aromatic carboxylic acids is 1. The number of carboxylic acids is 1. The first kappa shape index (κ1) is 29.0. The topological polar surface area (TPSA) is 128 Å². The Morgan fingerprint density at radius 3 is 2.46 bits per heavy atom. The molecule has 8 nitrogen and oxygen atoms in total. The van der Waals surface area contributed by atoms with Crippen molar-refractivity contribution in [1.29, 1.82) is 0 Å². The van der Waals surface area contributed by atoms with E-state index < -0.39 is 26.7 Å². The van der Waals surface area contributed by atoms with E-state index in [0.29, 0.717) is 46.3 Å². The van der Waals surface area contributed by atoms with Crippen LogP contribution in [0.2, 0.25) is 0 Å². The van der Waals surface area contributed by atoms with Gasteiger partial charge in [-0.1, -0.05) is 26.8 Å². The molecule has 2 aromatic heterocycles. The molecule has 0 amide bonds. The van der Waals surface area contributed by atoms with Gasteiger partial charge in [0.05, 0.1) is 11.4 Å². The number of nitrogens with zero attached hydrogens (tertiary/aromatic N) is 3. The first-order valence-electron chi connectivity index (χ1n) is 13.1. The van der Waals surface area contributed by atoms with Gasteiger partial charge in [-0.05, 0) is 78.5 Å². The van der Waals surface area contributed by atoms with E-state index in [-0.39, 0.29) is 23.3 Å². The summed E-state index contributed by atoms with van der Waals surface area (Å²) < 4.78 is 54.8. The summed E-state index contributed by atoms with van der Waals surface area (Å²) in [6.45, 7) is 6.07. The number of hydrogen-bond acceptors (Lipinski definition) is 6. The second-order valence-electron chi connectivity index (χ2n) is 11.7. The lowest BCUT2D eigenvalue weighted by Crippen LogP contribution is -2.14. The van der Waals surface area contributed by atoms with Crippen LogP contribution in [0.25, 0.3) is 16.4 Å². The largest absolute Gasteiger partial charge is 0.476 e. The molecule has 216 valence electrons. The Labute approximate surface area is 240 Å². The van der Waals surface area contributed by atoms with Crippen molar-refractivity contribution in [2.75, 3.05) is 0 Å². The minimum absolute atomic E-state index is 0.101. The molecule has 3 N–H and O–H groups in total. The van der Waals surface area contributed by atoms with E-state index in [9.17, 15) is 27.1 Å². The zero-order valence-corrected chi connectivity index (χ0v) is 24.5. The van der Waals surface area contributed by atoms with Gasteiger partial charge in [0, 0.05) is 22.9 Å². The molecule has 1 aliphatic rings. The van der Waals surface area contributed by atoms with E-state index >= 15 is 0 Å². The second kappa shape index (κ2) is 10.7. The fourth-order valence-corrected chi connectivity index (χ4v) is 6.20. The zero-order valence-electron chi connectivity index (χ0n) is 22.8. The molecule has 1 fully saturated rings. The van der Waals surface area contributed by atoms with Crippen molar-refractivity contribution < 1.29 is 27.1 Å². The number of primary sulfonamides is 1. The van der Waals surface area contributed by atoms with Crippen LogP contribution in [0.4, 0.5) is 8.78 Å². The Morgan fingerprint density at radius 2 is 1.88 bits per heavy atom. The molecule has 0 saturated heterocycles. The maximum absolute atomic E-state index is 14.9. The van der Waals surface area contributed by atoms with Gasteiger partial charge in [0.1, 0.15) is 16.5 Å². The number of thiazole rings is 1. The minimum Gasteiger partial charge on any atom is -0.476 e. The van der Waals surface area contributed by atoms with Crippen LogP contribution in [0.5, 0.6) is 0 Å². The summed E-state index contributed by atoms with van der Waals surface area (Å²) in [5, 5.41) is 21.3. The summed E-state index contributed by atoms with van der Waals surface area (Å²) in [6, 6.07) is 8.62. The summed E-state index contributed by atoms with van der Waals surface area (Å²) >= 11 is 1.14. The highest BCUT2D eigenvalue weighted by molar-refractivity contribution is 7.89. The number of nitrogens with two attached hydrogens (primary N) is 1. The van der Waals surface area contributed by atoms with Gasteiger partial charge >= 0.3 is 5.97 Å². The van der Waals surface area contributed by atoms with Crippen LogP contribution in [-0.4, -0.2) is 34.3 Å². The molecule has 0 atom stereocenters. The number of carbonyl (C=O) groups is 1. The van der Waals surface area contributed by atoms with Crippen LogP contribution in [0, 0.1) is 23.0 Å². The van der Waals surface area contributed by atoms with Crippen molar-refractivity contribution in [2.45, 2.75) is 57.8 Å². The Kier molecular flexibility index (Phi) is 7.60. The predicted molar refractivity (Wildman–Crippen MR) is 152 cm³/mol. The minimum atomic E-state index is -4.23. The van der Waals surface area contributed by atoms with Crippen LogP contribution in [0.1, 0.15) is 66.5 Å². The molecule has 4 aromatic rings. The number of aromatic nitrogens is 3. The summed E-state index contributed by atoms with van der Waals surface area (Å²) in [4.78, 5) is 15.2. The second-order valence-corrected chi connectivity index (χ2v) is 14.1. The maximum atomic E-state index is 14.9. The quantitative estimate of drug-likeness (QED) is 0.252. The molecule has 0 aliphatic heterocycles. The third-order valence-corrected chi connectivity index (χ3v) is 8.65. The first-order chi connectivity index (χ1) is 19.2. The number of carboxylic acid groups (broad SMARTS) is 1. The standard InChI is InChI=1S/C29H30F2N4O4S2/c1-29(2,3)14-19-13-18(7-8-21(19)30)26-20(10-17-6-9-25(22(31)11-17)41(32,38)39)24(12-16-4-5-16)35(34-26)28-33-23(15-40-28)27(36)37/h6-9,11,13,15-16H,4-5,10,12,14H2,1-3H3,(H,36,37)(H2,32,38,39). The Hall–Kier alpha value is -3.48. The molecule has 5 rings (SSSR count). The highest BCUT2D eigenvalue weighted by Gasteiger charge is 2.30. The lowest BCUT2D eigenvalue weighted by Gasteiger charge is -2.19. The number of rotatable bonds is 9. The van der Waals surface area contributed by atoms with E-state index in [0.717, 1.165) is 47.6 Å². The van der Waals surface area contributed by atoms with Gasteiger partial charge in [-0.2, -0.15) is 5.10 Å². The van der Waals surface area contributed by atoms with Gasteiger partial charge in [0.15, 0.2) is 5.69 Å². The fraction of sp³-hybridized carbons (Fsp3) is 0.345. The highest BCUT2D eigenvalue weighted by Crippen LogP contribution is 2.39. The van der Waals surface area contributed by atoms with Crippen molar-refractivity contribution in [1.82, 2.24) is 14.8 Å². The monoisotopic (exact) mass is 600 g/mol. The van der Waals surface area contributed by atoms with Crippen LogP contribution >= 0.6 is 11.3 Å². The Bertz CT molecular complexity index is 1750. The normalized spacial score (nSPS) is 14.0. The zero-order chi connectivity index (χ0) is 29.7. The lowest BCUT2D eigenvalue weighted by atomic mass is 9.87. The van der Waals surface area contributed by atoms with E-state index in [4.69, 9.17) is 10.2 Å². The Morgan fingerprint density at radius 1 is 1.15 bits per heavy atom. The van der Waals surface area contributed by atoms with Crippen molar-refractivity contribution in [3.8, 4) is 16.4 Å². The fourth-order valence-electron chi connectivity index (χ4n) is 4.84. The molecule has 12 heteroatoms. The van der Waals surface area contributed by atoms with Crippen LogP contribution in [-0.2, 0) is 29.3 Å².